The molecule has 1 N–H and O–H groups in total. The Labute approximate surface area is 141 Å². The molecule has 1 fully saturated rings. The van der Waals surface area contributed by atoms with E-state index >= 15 is 0 Å². The first-order valence-electron chi connectivity index (χ1n) is 6.50. The number of benzene rings is 2. The Balaban J connectivity index is 1.68. The maximum atomic E-state index is 12.1. The van der Waals surface area contributed by atoms with Crippen LogP contribution in [0.4, 0.5) is 5.69 Å². The van der Waals surface area contributed by atoms with Crippen LogP contribution in [0.2, 0.25) is 0 Å². The van der Waals surface area contributed by atoms with Gasteiger partial charge in [0.2, 0.25) is 0 Å². The summed E-state index contributed by atoms with van der Waals surface area (Å²) in [7, 11) is 0. The summed E-state index contributed by atoms with van der Waals surface area (Å²) < 4.78 is 0.320. The lowest BCUT2D eigenvalue weighted by Crippen LogP contribution is -2.11. The van der Waals surface area contributed by atoms with Gasteiger partial charge in [0.05, 0.1) is 0 Å². The van der Waals surface area contributed by atoms with E-state index in [1.54, 1.807) is 12.1 Å². The van der Waals surface area contributed by atoms with Gasteiger partial charge in [-0.05, 0) is 48.4 Å². The number of hydrogen-bond donors (Lipinski definition) is 1. The maximum absolute atomic E-state index is 12.1. The second-order valence-corrected chi connectivity index (χ2v) is 7.56. The van der Waals surface area contributed by atoms with E-state index < -0.39 is 4.33 Å². The van der Waals surface area contributed by atoms with Crippen molar-refractivity contribution in [2.24, 2.45) is 0 Å². The molecule has 3 rings (SSSR count). The number of rotatable bonds is 3. The molecule has 0 heterocycles. The quantitative estimate of drug-likeness (QED) is 0.708. The van der Waals surface area contributed by atoms with Gasteiger partial charge >= 0.3 is 0 Å². The van der Waals surface area contributed by atoms with Gasteiger partial charge in [0.1, 0.15) is 4.33 Å². The van der Waals surface area contributed by atoms with Gasteiger partial charge in [-0.1, -0.05) is 28.1 Å². The third-order valence-electron chi connectivity index (χ3n) is 3.50. The zero-order valence-corrected chi connectivity index (χ0v) is 14.0. The van der Waals surface area contributed by atoms with Crippen molar-refractivity contribution in [3.05, 3.63) is 64.1 Å². The minimum atomic E-state index is -0.623. The molecular weight excluding hydrogens is 373 g/mol. The number of carbonyl (C=O) groups excluding carboxylic acids is 1. The molecule has 2 aromatic carbocycles. The monoisotopic (exact) mass is 383 g/mol. The van der Waals surface area contributed by atoms with E-state index in [1.165, 1.54) is 0 Å². The van der Waals surface area contributed by atoms with Crippen LogP contribution in [-0.2, 0) is 0 Å². The normalized spacial score (nSPS) is 19.1. The van der Waals surface area contributed by atoms with Gasteiger partial charge in [-0.3, -0.25) is 4.79 Å². The predicted molar refractivity (Wildman–Crippen MR) is 90.3 cm³/mol. The fourth-order valence-corrected chi connectivity index (χ4v) is 3.00. The molecule has 5 heteroatoms. The molecular formula is C16H12BrCl2NO. The van der Waals surface area contributed by atoms with Gasteiger partial charge in [0, 0.05) is 21.6 Å². The zero-order chi connectivity index (χ0) is 15.0. The van der Waals surface area contributed by atoms with Crippen LogP contribution in [0.15, 0.2) is 53.0 Å². The van der Waals surface area contributed by atoms with Crippen molar-refractivity contribution in [3.8, 4) is 0 Å². The topological polar surface area (TPSA) is 29.1 Å². The zero-order valence-electron chi connectivity index (χ0n) is 10.9. The molecule has 0 spiro atoms. The van der Waals surface area contributed by atoms with Crippen molar-refractivity contribution in [2.45, 2.75) is 16.7 Å². The Hall–Kier alpha value is -1.03. The Kier molecular flexibility index (Phi) is 4.00. The van der Waals surface area contributed by atoms with Crippen LogP contribution < -0.4 is 5.32 Å². The van der Waals surface area contributed by atoms with Crippen molar-refractivity contribution in [1.29, 1.82) is 0 Å². The molecule has 0 saturated heterocycles. The Bertz CT molecular complexity index is 668. The fourth-order valence-electron chi connectivity index (χ4n) is 2.18. The number of anilines is 1. The smallest absolute Gasteiger partial charge is 0.255 e. The average molecular weight is 385 g/mol. The lowest BCUT2D eigenvalue weighted by atomic mass is 10.1. The molecule has 0 aromatic heterocycles. The highest BCUT2D eigenvalue weighted by Crippen LogP contribution is 2.59. The number of carbonyl (C=O) groups is 1. The standard InChI is InChI=1S/C16H12BrCl2NO/c17-12-5-1-11(2-6-12)15(21)20-13-7-3-10(4-8-13)14-9-16(14,18)19/h1-8,14H,9H2,(H,20,21). The van der Waals surface area contributed by atoms with E-state index in [-0.39, 0.29) is 11.8 Å². The molecule has 0 aliphatic heterocycles. The van der Waals surface area contributed by atoms with Gasteiger partial charge < -0.3 is 5.32 Å². The summed E-state index contributed by atoms with van der Waals surface area (Å²) in [6, 6.07) is 14.9. The molecule has 108 valence electrons. The molecule has 1 saturated carbocycles. The molecule has 1 atom stereocenters. The Morgan fingerprint density at radius 2 is 1.67 bits per heavy atom. The maximum Gasteiger partial charge on any atom is 0.255 e. The van der Waals surface area contributed by atoms with Gasteiger partial charge in [-0.25, -0.2) is 0 Å². The van der Waals surface area contributed by atoms with E-state index in [9.17, 15) is 4.79 Å². The fraction of sp³-hybridized carbons (Fsp3) is 0.188. The second kappa shape index (κ2) is 5.64. The summed E-state index contributed by atoms with van der Waals surface area (Å²) in [5.41, 5.74) is 2.47. The summed E-state index contributed by atoms with van der Waals surface area (Å²) >= 11 is 15.4. The number of nitrogens with one attached hydrogen (secondary N) is 1. The molecule has 1 amide bonds. The van der Waals surface area contributed by atoms with E-state index in [0.29, 0.717) is 5.56 Å². The first-order chi connectivity index (χ1) is 9.95. The lowest BCUT2D eigenvalue weighted by molar-refractivity contribution is 0.102. The van der Waals surface area contributed by atoms with Crippen molar-refractivity contribution >= 4 is 50.7 Å². The SMILES string of the molecule is O=C(Nc1ccc(C2CC2(Cl)Cl)cc1)c1ccc(Br)cc1. The van der Waals surface area contributed by atoms with Crippen LogP contribution in [-0.4, -0.2) is 10.2 Å². The molecule has 0 bridgehead atoms. The Morgan fingerprint density at radius 1 is 1.10 bits per heavy atom. The summed E-state index contributed by atoms with van der Waals surface area (Å²) in [5.74, 6) is 0.0581. The molecule has 0 radical (unpaired) electrons. The van der Waals surface area contributed by atoms with Gasteiger partial charge in [-0.2, -0.15) is 0 Å². The van der Waals surface area contributed by atoms with Gasteiger partial charge in [0.15, 0.2) is 0 Å². The largest absolute Gasteiger partial charge is 0.322 e. The second-order valence-electron chi connectivity index (χ2n) is 5.10. The van der Waals surface area contributed by atoms with Crippen molar-refractivity contribution in [1.82, 2.24) is 0 Å². The van der Waals surface area contributed by atoms with Crippen molar-refractivity contribution < 1.29 is 4.79 Å². The van der Waals surface area contributed by atoms with Crippen LogP contribution in [0.3, 0.4) is 0 Å². The Morgan fingerprint density at radius 3 is 2.19 bits per heavy atom. The first kappa shape index (κ1) is 14.9. The van der Waals surface area contributed by atoms with E-state index in [0.717, 1.165) is 22.1 Å². The lowest BCUT2D eigenvalue weighted by Gasteiger charge is -2.07. The summed E-state index contributed by atoms with van der Waals surface area (Å²) in [5, 5.41) is 2.86. The minimum absolute atomic E-state index is 0.134. The highest BCUT2D eigenvalue weighted by atomic mass is 79.9. The van der Waals surface area contributed by atoms with Gasteiger partial charge in [0.25, 0.3) is 5.91 Å². The number of hydrogen-bond acceptors (Lipinski definition) is 1. The number of amides is 1. The average Bonchev–Trinajstić information content (AvgIpc) is 3.09. The molecule has 21 heavy (non-hydrogen) atoms. The van der Waals surface area contributed by atoms with Crippen molar-refractivity contribution in [2.75, 3.05) is 5.32 Å². The van der Waals surface area contributed by atoms with E-state index in [4.69, 9.17) is 23.2 Å². The first-order valence-corrected chi connectivity index (χ1v) is 8.05. The minimum Gasteiger partial charge on any atom is -0.322 e. The van der Waals surface area contributed by atoms with E-state index in [2.05, 4.69) is 21.2 Å². The number of halogens is 3. The third-order valence-corrected chi connectivity index (χ3v) is 4.87. The van der Waals surface area contributed by atoms with Gasteiger partial charge in [-0.15, -0.1) is 23.2 Å². The predicted octanol–water partition coefficient (Wildman–Crippen LogP) is 5.36. The van der Waals surface area contributed by atoms with Crippen LogP contribution in [0.1, 0.15) is 28.3 Å². The van der Waals surface area contributed by atoms with Crippen molar-refractivity contribution in [3.63, 3.8) is 0 Å². The summed E-state index contributed by atoms with van der Waals surface area (Å²) in [4.78, 5) is 12.1. The van der Waals surface area contributed by atoms with E-state index in [1.807, 2.05) is 36.4 Å². The highest BCUT2D eigenvalue weighted by Gasteiger charge is 2.52. The molecule has 1 aliphatic rings. The molecule has 1 aliphatic carbocycles. The summed E-state index contributed by atoms with van der Waals surface area (Å²) in [6.45, 7) is 0. The van der Waals surface area contributed by atoms with Crippen LogP contribution in [0.25, 0.3) is 0 Å². The van der Waals surface area contributed by atoms with Crippen LogP contribution >= 0.6 is 39.1 Å². The molecule has 1 unspecified atom stereocenters. The molecule has 2 nitrogen and oxygen atoms in total. The van der Waals surface area contributed by atoms with Crippen LogP contribution in [0.5, 0.6) is 0 Å². The number of alkyl halides is 2. The molecule has 2 aromatic rings. The van der Waals surface area contributed by atoms with Crippen LogP contribution in [0, 0.1) is 0 Å². The third kappa shape index (κ3) is 3.42. The highest BCUT2D eigenvalue weighted by molar-refractivity contribution is 9.10. The summed E-state index contributed by atoms with van der Waals surface area (Å²) in [6.07, 6.45) is 0.778.